The van der Waals surface area contributed by atoms with Gasteiger partial charge in [-0.3, -0.25) is 19.5 Å². The third kappa shape index (κ3) is 4.15. The Labute approximate surface area is 146 Å². The molecule has 2 amide bonds. The zero-order valence-corrected chi connectivity index (χ0v) is 14.8. The molecule has 0 N–H and O–H groups in total. The molecule has 1 aromatic rings. The van der Waals surface area contributed by atoms with Crippen LogP contribution >= 0.6 is 11.8 Å². The third-order valence-electron chi connectivity index (χ3n) is 3.65. The maximum absolute atomic E-state index is 12.3. The van der Waals surface area contributed by atoms with Crippen LogP contribution in [0.1, 0.15) is 18.9 Å². The lowest BCUT2D eigenvalue weighted by Crippen LogP contribution is -2.37. The Balaban J connectivity index is 2.07. The molecule has 7 heteroatoms. The predicted octanol–water partition coefficient (Wildman–Crippen LogP) is 2.19. The van der Waals surface area contributed by atoms with Crippen molar-refractivity contribution in [3.05, 3.63) is 29.8 Å². The number of hydrogen-bond donors (Lipinski definition) is 0. The molecule has 0 unspecified atom stereocenters. The summed E-state index contributed by atoms with van der Waals surface area (Å²) in [6.45, 7) is 4.26. The molecule has 1 aliphatic rings. The van der Waals surface area contributed by atoms with E-state index >= 15 is 0 Å². The van der Waals surface area contributed by atoms with Crippen molar-refractivity contribution in [3.8, 4) is 6.07 Å². The van der Waals surface area contributed by atoms with E-state index in [1.807, 2.05) is 37.3 Å². The van der Waals surface area contributed by atoms with Gasteiger partial charge >= 0.3 is 0 Å². The SMILES string of the molecule is Cc1ccc(N2C(=O)CN=C2S[C@H](C)C(=O)N(C)CCC#N)cc1. The van der Waals surface area contributed by atoms with E-state index in [9.17, 15) is 9.59 Å². The normalized spacial score (nSPS) is 15.0. The first kappa shape index (κ1) is 18.0. The van der Waals surface area contributed by atoms with E-state index in [1.54, 1.807) is 18.9 Å². The summed E-state index contributed by atoms with van der Waals surface area (Å²) in [4.78, 5) is 31.9. The van der Waals surface area contributed by atoms with Crippen molar-refractivity contribution in [3.63, 3.8) is 0 Å². The van der Waals surface area contributed by atoms with E-state index < -0.39 is 0 Å². The molecular weight excluding hydrogens is 324 g/mol. The average molecular weight is 344 g/mol. The largest absolute Gasteiger partial charge is 0.344 e. The predicted molar refractivity (Wildman–Crippen MR) is 95.9 cm³/mol. The standard InChI is InChI=1S/C17H20N4O2S/c1-12-5-7-14(8-6-12)21-15(22)11-19-17(21)24-13(2)16(23)20(3)10-4-9-18/h5-8,13H,4,10-11H2,1-3H3/t13-/m1/s1. The van der Waals surface area contributed by atoms with Crippen LogP contribution in [0.2, 0.25) is 0 Å². The van der Waals surface area contributed by atoms with Gasteiger partial charge < -0.3 is 4.90 Å². The Bertz CT molecular complexity index is 694. The van der Waals surface area contributed by atoms with Gasteiger partial charge in [0.25, 0.3) is 5.91 Å². The monoisotopic (exact) mass is 344 g/mol. The van der Waals surface area contributed by atoms with Gasteiger partial charge in [-0.05, 0) is 26.0 Å². The van der Waals surface area contributed by atoms with E-state index in [0.29, 0.717) is 18.1 Å². The average Bonchev–Trinajstić information content (AvgIpc) is 2.93. The van der Waals surface area contributed by atoms with Crippen molar-refractivity contribution in [2.24, 2.45) is 4.99 Å². The quantitative estimate of drug-likeness (QED) is 0.820. The van der Waals surface area contributed by atoms with Gasteiger partial charge in [0.15, 0.2) is 5.17 Å². The van der Waals surface area contributed by atoms with Crippen LogP contribution in [-0.2, 0) is 9.59 Å². The molecule has 6 nitrogen and oxygen atoms in total. The zero-order valence-electron chi connectivity index (χ0n) is 14.0. The summed E-state index contributed by atoms with van der Waals surface area (Å²) < 4.78 is 0. The van der Waals surface area contributed by atoms with E-state index in [2.05, 4.69) is 4.99 Å². The maximum Gasteiger partial charge on any atom is 0.254 e. The highest BCUT2D eigenvalue weighted by atomic mass is 32.2. The zero-order chi connectivity index (χ0) is 17.7. The highest BCUT2D eigenvalue weighted by molar-refractivity contribution is 8.15. The van der Waals surface area contributed by atoms with Gasteiger partial charge in [0.2, 0.25) is 5.91 Å². The number of carbonyl (C=O) groups excluding carboxylic acids is 2. The highest BCUT2D eigenvalue weighted by Gasteiger charge is 2.31. The van der Waals surface area contributed by atoms with E-state index in [-0.39, 0.29) is 23.6 Å². The van der Waals surface area contributed by atoms with Crippen LogP contribution in [0.3, 0.4) is 0 Å². The number of aryl methyl sites for hydroxylation is 1. The Kier molecular flexibility index (Phi) is 5.99. The van der Waals surface area contributed by atoms with Crippen LogP contribution in [-0.4, -0.2) is 47.3 Å². The van der Waals surface area contributed by atoms with Gasteiger partial charge in [-0.1, -0.05) is 29.5 Å². The number of nitrogens with zero attached hydrogens (tertiary/aromatic N) is 4. The fraction of sp³-hybridized carbons (Fsp3) is 0.412. The molecule has 126 valence electrons. The van der Waals surface area contributed by atoms with E-state index in [0.717, 1.165) is 11.3 Å². The van der Waals surface area contributed by atoms with Crippen molar-refractivity contribution < 1.29 is 9.59 Å². The van der Waals surface area contributed by atoms with Gasteiger partial charge in [-0.2, -0.15) is 5.26 Å². The van der Waals surface area contributed by atoms with E-state index in [1.165, 1.54) is 16.7 Å². The summed E-state index contributed by atoms with van der Waals surface area (Å²) in [6, 6.07) is 9.65. The minimum absolute atomic E-state index is 0.0823. The van der Waals surface area contributed by atoms with Gasteiger partial charge in [0.05, 0.1) is 23.4 Å². The minimum Gasteiger partial charge on any atom is -0.344 e. The molecule has 24 heavy (non-hydrogen) atoms. The van der Waals surface area contributed by atoms with Crippen LogP contribution in [0, 0.1) is 18.3 Å². The van der Waals surface area contributed by atoms with Crippen LogP contribution < -0.4 is 4.90 Å². The van der Waals surface area contributed by atoms with Crippen molar-refractivity contribution in [2.45, 2.75) is 25.5 Å². The molecule has 0 saturated carbocycles. The van der Waals surface area contributed by atoms with Gasteiger partial charge in [0, 0.05) is 13.6 Å². The number of thioether (sulfide) groups is 1. The lowest BCUT2D eigenvalue weighted by Gasteiger charge is -2.23. The summed E-state index contributed by atoms with van der Waals surface area (Å²) in [5.41, 5.74) is 1.87. The van der Waals surface area contributed by atoms with Gasteiger partial charge in [0.1, 0.15) is 6.54 Å². The molecule has 1 heterocycles. The fourth-order valence-electron chi connectivity index (χ4n) is 2.27. The molecule has 1 aromatic carbocycles. The smallest absolute Gasteiger partial charge is 0.254 e. The fourth-order valence-corrected chi connectivity index (χ4v) is 3.32. The molecule has 2 rings (SSSR count). The van der Waals surface area contributed by atoms with E-state index in [4.69, 9.17) is 5.26 Å². The molecule has 1 atom stereocenters. The molecule has 1 aliphatic heterocycles. The molecule has 0 radical (unpaired) electrons. The first-order valence-electron chi connectivity index (χ1n) is 7.66. The topological polar surface area (TPSA) is 76.8 Å². The maximum atomic E-state index is 12.3. The number of nitriles is 1. The first-order chi connectivity index (χ1) is 11.4. The summed E-state index contributed by atoms with van der Waals surface area (Å²) in [5.74, 6) is -0.181. The number of amidine groups is 1. The summed E-state index contributed by atoms with van der Waals surface area (Å²) in [7, 11) is 1.68. The van der Waals surface area contributed by atoms with Crippen molar-refractivity contribution in [1.29, 1.82) is 5.26 Å². The van der Waals surface area contributed by atoms with Crippen molar-refractivity contribution in [2.75, 3.05) is 25.0 Å². The first-order valence-corrected chi connectivity index (χ1v) is 8.54. The lowest BCUT2D eigenvalue weighted by molar-refractivity contribution is -0.128. The van der Waals surface area contributed by atoms with Gasteiger partial charge in [-0.25, -0.2) is 0 Å². The number of anilines is 1. The molecule has 0 fully saturated rings. The summed E-state index contributed by atoms with van der Waals surface area (Å²) >= 11 is 1.27. The summed E-state index contributed by atoms with van der Waals surface area (Å²) in [6.07, 6.45) is 0.300. The summed E-state index contributed by atoms with van der Waals surface area (Å²) in [5, 5.41) is 8.78. The Morgan fingerprint density at radius 3 is 2.75 bits per heavy atom. The Morgan fingerprint density at radius 2 is 2.12 bits per heavy atom. The molecule has 0 bridgehead atoms. The second-order valence-electron chi connectivity index (χ2n) is 5.59. The third-order valence-corrected chi connectivity index (χ3v) is 4.73. The number of amides is 2. The van der Waals surface area contributed by atoms with Gasteiger partial charge in [-0.15, -0.1) is 0 Å². The number of benzene rings is 1. The van der Waals surface area contributed by atoms with Crippen molar-refractivity contribution in [1.82, 2.24) is 4.90 Å². The lowest BCUT2D eigenvalue weighted by atomic mass is 10.2. The van der Waals surface area contributed by atoms with Crippen molar-refractivity contribution >= 4 is 34.4 Å². The second kappa shape index (κ2) is 7.97. The van der Waals surface area contributed by atoms with Crippen LogP contribution in [0.25, 0.3) is 0 Å². The number of rotatable bonds is 5. The van der Waals surface area contributed by atoms with Crippen LogP contribution in [0.15, 0.2) is 29.3 Å². The molecule has 0 spiro atoms. The number of carbonyl (C=O) groups is 2. The van der Waals surface area contributed by atoms with Crippen LogP contribution in [0.4, 0.5) is 5.69 Å². The minimum atomic E-state index is -0.383. The molecular formula is C17H20N4O2S. The van der Waals surface area contributed by atoms with Crippen LogP contribution in [0.5, 0.6) is 0 Å². The molecule has 0 aromatic heterocycles. The Morgan fingerprint density at radius 1 is 1.46 bits per heavy atom. The number of hydrogen-bond acceptors (Lipinski definition) is 5. The number of aliphatic imine (C=N–C) groups is 1. The second-order valence-corrected chi connectivity index (χ2v) is 6.90. The highest BCUT2D eigenvalue weighted by Crippen LogP contribution is 2.27. The molecule has 0 saturated heterocycles. The Hall–Kier alpha value is -2.33. The molecule has 0 aliphatic carbocycles.